The molecule has 0 aromatic heterocycles. The van der Waals surface area contributed by atoms with Gasteiger partial charge in [0.25, 0.3) is 0 Å². The largest absolute Gasteiger partial charge is 0.494 e. The van der Waals surface area contributed by atoms with Crippen LogP contribution in [0.25, 0.3) is 0 Å². The summed E-state index contributed by atoms with van der Waals surface area (Å²) in [6.07, 6.45) is 3.48. The molecular weight excluding hydrogens is 252 g/mol. The van der Waals surface area contributed by atoms with Gasteiger partial charge in [-0.2, -0.15) is 0 Å². The van der Waals surface area contributed by atoms with Crippen molar-refractivity contribution in [3.63, 3.8) is 0 Å². The number of carbonyl (C=O) groups excluding carboxylic acids is 1. The van der Waals surface area contributed by atoms with Crippen molar-refractivity contribution in [3.05, 3.63) is 29.8 Å². The monoisotopic (exact) mass is 278 g/mol. The van der Waals surface area contributed by atoms with Gasteiger partial charge in [0.05, 0.1) is 12.6 Å². The van der Waals surface area contributed by atoms with E-state index in [1.54, 1.807) is 0 Å². The molecule has 3 N–H and O–H groups in total. The predicted octanol–water partition coefficient (Wildman–Crippen LogP) is 2.40. The number of hydrogen-bond donors (Lipinski definition) is 2. The highest BCUT2D eigenvalue weighted by Crippen LogP contribution is 2.11. The first-order valence-electron chi connectivity index (χ1n) is 7.36. The second-order valence-corrected chi connectivity index (χ2v) is 5.05. The summed E-state index contributed by atoms with van der Waals surface area (Å²) in [5.74, 6) is 0.843. The van der Waals surface area contributed by atoms with E-state index in [4.69, 9.17) is 10.5 Å². The zero-order valence-electron chi connectivity index (χ0n) is 12.5. The molecule has 0 saturated heterocycles. The van der Waals surface area contributed by atoms with Crippen LogP contribution in [0, 0.1) is 6.92 Å². The van der Waals surface area contributed by atoms with Crippen molar-refractivity contribution in [2.24, 2.45) is 5.73 Å². The molecule has 4 heteroatoms. The topological polar surface area (TPSA) is 64.4 Å². The van der Waals surface area contributed by atoms with E-state index in [1.807, 2.05) is 31.2 Å². The van der Waals surface area contributed by atoms with Gasteiger partial charge >= 0.3 is 0 Å². The number of ether oxygens (including phenoxy) is 1. The van der Waals surface area contributed by atoms with Gasteiger partial charge < -0.3 is 15.8 Å². The van der Waals surface area contributed by atoms with Crippen LogP contribution in [-0.2, 0) is 4.79 Å². The van der Waals surface area contributed by atoms with E-state index in [0.717, 1.165) is 31.4 Å². The van der Waals surface area contributed by atoms with Gasteiger partial charge in [-0.05, 0) is 38.3 Å². The van der Waals surface area contributed by atoms with Crippen LogP contribution in [-0.4, -0.2) is 25.1 Å². The maximum Gasteiger partial charge on any atom is 0.236 e. The summed E-state index contributed by atoms with van der Waals surface area (Å²) in [5, 5.41) is 2.85. The first kappa shape index (κ1) is 16.5. The van der Waals surface area contributed by atoms with Gasteiger partial charge in [-0.25, -0.2) is 0 Å². The molecule has 0 aliphatic carbocycles. The van der Waals surface area contributed by atoms with Gasteiger partial charge in [0.1, 0.15) is 5.75 Å². The lowest BCUT2D eigenvalue weighted by atomic mass is 10.1. The molecule has 0 bridgehead atoms. The molecule has 112 valence electrons. The highest BCUT2D eigenvalue weighted by atomic mass is 16.5. The first-order valence-corrected chi connectivity index (χ1v) is 7.36. The van der Waals surface area contributed by atoms with Crippen LogP contribution in [0.1, 0.15) is 38.2 Å². The standard InChI is InChI=1S/C16H26N2O2/c1-3-6-15(17)16(19)18-11-4-5-12-20-14-9-7-13(2)8-10-14/h7-10,15H,3-6,11-12,17H2,1-2H3,(H,18,19). The minimum absolute atomic E-state index is 0.0497. The molecule has 0 aliphatic heterocycles. The smallest absolute Gasteiger partial charge is 0.236 e. The second-order valence-electron chi connectivity index (χ2n) is 5.05. The molecule has 1 atom stereocenters. The first-order chi connectivity index (χ1) is 9.63. The third-order valence-electron chi connectivity index (χ3n) is 3.10. The van der Waals surface area contributed by atoms with Crippen LogP contribution in [0.5, 0.6) is 5.75 Å². The molecule has 0 heterocycles. The average molecular weight is 278 g/mol. The third-order valence-corrected chi connectivity index (χ3v) is 3.10. The highest BCUT2D eigenvalue weighted by molar-refractivity contribution is 5.81. The van der Waals surface area contributed by atoms with Gasteiger partial charge in [0.15, 0.2) is 0 Å². The highest BCUT2D eigenvalue weighted by Gasteiger charge is 2.10. The Bertz CT molecular complexity index is 390. The van der Waals surface area contributed by atoms with Crippen molar-refractivity contribution in [2.45, 2.75) is 45.6 Å². The van der Waals surface area contributed by atoms with Crippen molar-refractivity contribution < 1.29 is 9.53 Å². The molecule has 4 nitrogen and oxygen atoms in total. The number of amides is 1. The number of aryl methyl sites for hydroxylation is 1. The summed E-state index contributed by atoms with van der Waals surface area (Å²) in [5.41, 5.74) is 6.95. The molecule has 0 spiro atoms. The van der Waals surface area contributed by atoms with Crippen LogP contribution < -0.4 is 15.8 Å². The Balaban J connectivity index is 2.05. The molecular formula is C16H26N2O2. The summed E-state index contributed by atoms with van der Waals surface area (Å²) in [4.78, 5) is 11.6. The third kappa shape index (κ3) is 6.57. The van der Waals surface area contributed by atoms with E-state index in [9.17, 15) is 4.79 Å². The average Bonchev–Trinajstić information content (AvgIpc) is 2.44. The number of benzene rings is 1. The summed E-state index contributed by atoms with van der Waals surface area (Å²) in [7, 11) is 0. The van der Waals surface area contributed by atoms with Gasteiger partial charge in [-0.1, -0.05) is 31.0 Å². The Kier molecular flexibility index (Phi) is 7.73. The zero-order valence-corrected chi connectivity index (χ0v) is 12.5. The van der Waals surface area contributed by atoms with Crippen LogP contribution in [0.15, 0.2) is 24.3 Å². The Morgan fingerprint density at radius 3 is 2.65 bits per heavy atom. The van der Waals surface area contributed by atoms with Gasteiger partial charge in [-0.3, -0.25) is 4.79 Å². The maximum atomic E-state index is 11.6. The van der Waals surface area contributed by atoms with E-state index in [2.05, 4.69) is 12.2 Å². The van der Waals surface area contributed by atoms with E-state index < -0.39 is 0 Å². The van der Waals surface area contributed by atoms with Gasteiger partial charge in [0.2, 0.25) is 5.91 Å². The number of rotatable bonds is 9. The van der Waals surface area contributed by atoms with Crippen LogP contribution in [0.2, 0.25) is 0 Å². The molecule has 1 amide bonds. The molecule has 0 radical (unpaired) electrons. The van der Waals surface area contributed by atoms with Crippen molar-refractivity contribution in [1.82, 2.24) is 5.32 Å². The van der Waals surface area contributed by atoms with E-state index >= 15 is 0 Å². The Hall–Kier alpha value is -1.55. The zero-order chi connectivity index (χ0) is 14.8. The number of nitrogens with one attached hydrogen (secondary N) is 1. The molecule has 1 rings (SSSR count). The minimum Gasteiger partial charge on any atom is -0.494 e. The Labute approximate surface area is 121 Å². The van der Waals surface area contributed by atoms with E-state index in [0.29, 0.717) is 13.2 Å². The van der Waals surface area contributed by atoms with Crippen molar-refractivity contribution >= 4 is 5.91 Å². The number of nitrogens with two attached hydrogens (primary N) is 1. The minimum atomic E-state index is -0.371. The van der Waals surface area contributed by atoms with Crippen molar-refractivity contribution in [1.29, 1.82) is 0 Å². The lowest BCUT2D eigenvalue weighted by Gasteiger charge is -2.11. The molecule has 0 fully saturated rings. The summed E-state index contributed by atoms with van der Waals surface area (Å²) >= 11 is 0. The number of carbonyl (C=O) groups is 1. The normalized spacial score (nSPS) is 11.9. The molecule has 20 heavy (non-hydrogen) atoms. The summed E-state index contributed by atoms with van der Waals surface area (Å²) < 4.78 is 5.62. The van der Waals surface area contributed by atoms with Crippen LogP contribution in [0.3, 0.4) is 0 Å². The SMILES string of the molecule is CCCC(N)C(=O)NCCCCOc1ccc(C)cc1. The van der Waals surface area contributed by atoms with Crippen molar-refractivity contribution in [2.75, 3.05) is 13.2 Å². The molecule has 1 aromatic rings. The van der Waals surface area contributed by atoms with Crippen LogP contribution in [0.4, 0.5) is 0 Å². The second kappa shape index (κ2) is 9.37. The number of hydrogen-bond acceptors (Lipinski definition) is 3. The fraction of sp³-hybridized carbons (Fsp3) is 0.562. The Morgan fingerprint density at radius 2 is 2.00 bits per heavy atom. The lowest BCUT2D eigenvalue weighted by Crippen LogP contribution is -2.40. The fourth-order valence-corrected chi connectivity index (χ4v) is 1.84. The van der Waals surface area contributed by atoms with E-state index in [1.165, 1.54) is 5.56 Å². The summed E-state index contributed by atoms with van der Waals surface area (Å²) in [6.45, 7) is 5.40. The molecule has 0 saturated carbocycles. The maximum absolute atomic E-state index is 11.6. The van der Waals surface area contributed by atoms with Crippen LogP contribution >= 0.6 is 0 Å². The lowest BCUT2D eigenvalue weighted by molar-refractivity contribution is -0.122. The number of unbranched alkanes of at least 4 members (excludes halogenated alkanes) is 1. The molecule has 0 aliphatic rings. The quantitative estimate of drug-likeness (QED) is 0.682. The molecule has 1 unspecified atom stereocenters. The van der Waals surface area contributed by atoms with E-state index in [-0.39, 0.29) is 11.9 Å². The van der Waals surface area contributed by atoms with Gasteiger partial charge in [0, 0.05) is 6.54 Å². The van der Waals surface area contributed by atoms with Crippen molar-refractivity contribution in [3.8, 4) is 5.75 Å². The predicted molar refractivity (Wildman–Crippen MR) is 81.8 cm³/mol. The Morgan fingerprint density at radius 1 is 1.30 bits per heavy atom. The van der Waals surface area contributed by atoms with Gasteiger partial charge in [-0.15, -0.1) is 0 Å². The molecule has 1 aromatic carbocycles. The summed E-state index contributed by atoms with van der Waals surface area (Å²) in [6, 6.07) is 7.64. The fourth-order valence-electron chi connectivity index (χ4n) is 1.84.